The number of Topliss-reactive ketones (excluding diaryl/α,β-unsaturated/α-hetero) is 2. The van der Waals surface area contributed by atoms with Gasteiger partial charge in [0, 0.05) is 31.3 Å². The zero-order chi connectivity index (χ0) is 28.4. The number of carbonyl (C=O) groups excluding carboxylic acids is 4. The number of carbonyl (C=O) groups is 4. The normalized spacial score (nSPS) is 26.7. The molecule has 0 spiro atoms. The minimum Gasteiger partial charge on any atom is -0.510 e. The van der Waals surface area contributed by atoms with Crippen molar-refractivity contribution in [1.29, 1.82) is 0 Å². The van der Waals surface area contributed by atoms with Gasteiger partial charge in [0.05, 0.1) is 17.3 Å². The number of anilines is 2. The van der Waals surface area contributed by atoms with Crippen molar-refractivity contribution in [1.82, 2.24) is 4.90 Å². The molecule has 13 nitrogen and oxygen atoms in total. The number of nitrogens with zero attached hydrogens (tertiary/aromatic N) is 2. The van der Waals surface area contributed by atoms with Crippen molar-refractivity contribution in [3.63, 3.8) is 0 Å². The van der Waals surface area contributed by atoms with E-state index in [1.807, 2.05) is 0 Å². The van der Waals surface area contributed by atoms with Gasteiger partial charge in [0.2, 0.25) is 11.7 Å². The van der Waals surface area contributed by atoms with Crippen LogP contribution in [0.15, 0.2) is 28.7 Å². The van der Waals surface area contributed by atoms with Crippen molar-refractivity contribution < 1.29 is 44.7 Å². The number of aromatic hydroxyl groups is 1. The molecular weight excluding hydrogens is 500 g/mol. The highest BCUT2D eigenvalue weighted by Crippen LogP contribution is 2.53. The molecule has 4 atom stereocenters. The summed E-state index contributed by atoms with van der Waals surface area (Å²) in [5.41, 5.74) is 1.88. The zero-order valence-electron chi connectivity index (χ0n) is 21.3. The zero-order valence-corrected chi connectivity index (χ0v) is 21.3. The molecule has 4 rings (SSSR count). The fourth-order valence-electron chi connectivity index (χ4n) is 5.98. The Kier molecular flexibility index (Phi) is 6.50. The molecule has 0 aliphatic heterocycles. The topological polar surface area (TPSA) is 214 Å². The maximum atomic E-state index is 13.8. The summed E-state index contributed by atoms with van der Waals surface area (Å²) >= 11 is 0. The second-order valence-corrected chi connectivity index (χ2v) is 10.2. The highest BCUT2D eigenvalue weighted by Gasteiger charge is 2.63. The van der Waals surface area contributed by atoms with E-state index in [4.69, 9.17) is 10.8 Å². The Morgan fingerprint density at radius 3 is 2.32 bits per heavy atom. The number of primary amides is 1. The quantitative estimate of drug-likeness (QED) is 0.183. The smallest absolute Gasteiger partial charge is 0.255 e. The van der Waals surface area contributed by atoms with Crippen LogP contribution in [0.4, 0.5) is 11.4 Å². The maximum Gasteiger partial charge on any atom is 0.255 e. The summed E-state index contributed by atoms with van der Waals surface area (Å²) in [6.07, 6.45) is 0.0617. The summed E-state index contributed by atoms with van der Waals surface area (Å²) in [4.78, 5) is 54.2. The van der Waals surface area contributed by atoms with Crippen LogP contribution in [-0.2, 0) is 20.8 Å². The van der Waals surface area contributed by atoms with E-state index in [0.29, 0.717) is 11.3 Å². The Bertz CT molecular complexity index is 1350. The molecule has 1 aromatic carbocycles. The van der Waals surface area contributed by atoms with E-state index in [1.54, 1.807) is 33.1 Å². The Morgan fingerprint density at radius 1 is 1.16 bits per heavy atom. The number of benzene rings is 1. The monoisotopic (exact) mass is 530 g/mol. The summed E-state index contributed by atoms with van der Waals surface area (Å²) in [7, 11) is 6.48. The number of fused-ring (bicyclic) bond motifs is 3. The van der Waals surface area contributed by atoms with Crippen molar-refractivity contribution in [2.75, 3.05) is 45.0 Å². The average Bonchev–Trinajstić information content (AvgIpc) is 2.82. The summed E-state index contributed by atoms with van der Waals surface area (Å²) in [6.45, 7) is -0.873. The molecule has 3 aliphatic carbocycles. The molecule has 0 saturated heterocycles. The number of phenolic OH excluding ortho intramolecular Hbond substituents is 1. The van der Waals surface area contributed by atoms with E-state index in [-0.39, 0.29) is 29.7 Å². The van der Waals surface area contributed by atoms with E-state index in [0.717, 1.165) is 0 Å². The number of aliphatic hydroxyl groups excluding tert-OH is 3. The molecule has 1 aromatic rings. The third-order valence-corrected chi connectivity index (χ3v) is 7.60. The van der Waals surface area contributed by atoms with Crippen LogP contribution in [0.1, 0.15) is 22.3 Å². The van der Waals surface area contributed by atoms with Gasteiger partial charge < -0.3 is 41.5 Å². The number of nitrogens with two attached hydrogens (primary N) is 1. The minimum absolute atomic E-state index is 0.0393. The van der Waals surface area contributed by atoms with Gasteiger partial charge in [0.1, 0.15) is 23.7 Å². The molecule has 2 unspecified atom stereocenters. The molecule has 13 heteroatoms. The number of allylic oxidation sites excluding steroid dienone is 1. The van der Waals surface area contributed by atoms with Crippen LogP contribution in [0.2, 0.25) is 0 Å². The Labute approximate surface area is 217 Å². The van der Waals surface area contributed by atoms with E-state index in [2.05, 4.69) is 5.32 Å². The van der Waals surface area contributed by atoms with Gasteiger partial charge in [-0.25, -0.2) is 0 Å². The van der Waals surface area contributed by atoms with Crippen LogP contribution < -0.4 is 16.0 Å². The van der Waals surface area contributed by atoms with Crippen molar-refractivity contribution in [2.24, 2.45) is 17.6 Å². The molecule has 2 amide bonds. The number of hydrogen-bond acceptors (Lipinski definition) is 11. The molecule has 0 fully saturated rings. The molecule has 0 bridgehead atoms. The largest absolute Gasteiger partial charge is 0.510 e. The fourth-order valence-corrected chi connectivity index (χ4v) is 5.98. The van der Waals surface area contributed by atoms with E-state index in [1.165, 1.54) is 11.0 Å². The second kappa shape index (κ2) is 9.11. The second-order valence-electron chi connectivity index (χ2n) is 10.2. The van der Waals surface area contributed by atoms with Crippen molar-refractivity contribution in [2.45, 2.75) is 24.5 Å². The fraction of sp³-hybridized carbons (Fsp3) is 0.440. The van der Waals surface area contributed by atoms with E-state index >= 15 is 0 Å². The number of hydrogen-bond donors (Lipinski definition) is 7. The average molecular weight is 531 g/mol. The van der Waals surface area contributed by atoms with Crippen LogP contribution in [0.5, 0.6) is 5.75 Å². The van der Waals surface area contributed by atoms with E-state index in [9.17, 15) is 39.6 Å². The molecule has 38 heavy (non-hydrogen) atoms. The van der Waals surface area contributed by atoms with Gasteiger partial charge in [0.25, 0.3) is 5.91 Å². The first-order valence-corrected chi connectivity index (χ1v) is 11.8. The number of ketones is 2. The molecule has 0 radical (unpaired) electrons. The number of aliphatic hydroxyl groups is 4. The molecule has 0 heterocycles. The highest BCUT2D eigenvalue weighted by atomic mass is 16.3. The van der Waals surface area contributed by atoms with Gasteiger partial charge in [-0.05, 0) is 44.5 Å². The molecular formula is C25H30N4O9. The number of rotatable bonds is 5. The maximum absolute atomic E-state index is 13.8. The van der Waals surface area contributed by atoms with Gasteiger partial charge in [-0.1, -0.05) is 0 Å². The minimum atomic E-state index is -2.74. The predicted octanol–water partition coefficient (Wildman–Crippen LogP) is -0.883. The first-order chi connectivity index (χ1) is 17.7. The molecule has 8 N–H and O–H groups in total. The van der Waals surface area contributed by atoms with Crippen molar-refractivity contribution >= 4 is 34.8 Å². The first-order valence-electron chi connectivity index (χ1n) is 11.8. The lowest BCUT2D eigenvalue weighted by atomic mass is 9.58. The number of phenols is 1. The third kappa shape index (κ3) is 3.65. The van der Waals surface area contributed by atoms with Gasteiger partial charge in [-0.3, -0.25) is 24.1 Å². The molecule has 0 saturated carbocycles. The van der Waals surface area contributed by atoms with Gasteiger partial charge in [0.15, 0.2) is 17.1 Å². The lowest BCUT2D eigenvalue weighted by molar-refractivity contribution is -0.148. The van der Waals surface area contributed by atoms with Crippen molar-refractivity contribution in [3.8, 4) is 5.75 Å². The van der Waals surface area contributed by atoms with Gasteiger partial charge >= 0.3 is 0 Å². The van der Waals surface area contributed by atoms with Crippen molar-refractivity contribution in [3.05, 3.63) is 39.9 Å². The molecule has 204 valence electrons. The van der Waals surface area contributed by atoms with Gasteiger partial charge in [-0.2, -0.15) is 0 Å². The SMILES string of the molecule is CN(C)c1cc(NC(=O)CO)c(O)c2c1CC1CC3[C@H](N(C)C)C(O)=C(C(N)=O)C(=O)[C@@]3(O)C(O)=C1C2=O. The van der Waals surface area contributed by atoms with Crippen LogP contribution in [0, 0.1) is 11.8 Å². The predicted molar refractivity (Wildman–Crippen MR) is 134 cm³/mol. The number of amides is 2. The van der Waals surface area contributed by atoms with Gasteiger partial charge in [-0.15, -0.1) is 0 Å². The van der Waals surface area contributed by atoms with Crippen LogP contribution in [0.25, 0.3) is 0 Å². The summed E-state index contributed by atoms with van der Waals surface area (Å²) in [5.74, 6) is -8.43. The number of nitrogens with one attached hydrogen (secondary N) is 1. The van der Waals surface area contributed by atoms with E-state index < -0.39 is 76.3 Å². The Morgan fingerprint density at radius 2 is 1.79 bits per heavy atom. The summed E-state index contributed by atoms with van der Waals surface area (Å²) in [5, 5.41) is 56.2. The summed E-state index contributed by atoms with van der Waals surface area (Å²) in [6, 6.07) is 0.363. The molecule has 3 aliphatic rings. The lowest BCUT2D eigenvalue weighted by Crippen LogP contribution is -2.63. The summed E-state index contributed by atoms with van der Waals surface area (Å²) < 4.78 is 0. The highest BCUT2D eigenvalue weighted by molar-refractivity contribution is 6.25. The van der Waals surface area contributed by atoms with Crippen LogP contribution in [0.3, 0.4) is 0 Å². The standard InChI is InChI=1S/C25H30N4O9/c1-28(2)13-7-12(27-14(31)8-30)19(32)16-10(13)5-9-6-11-18(29(3)4)21(34)17(24(26)37)23(36)25(11,38)22(35)15(9)20(16)33/h7,9,11,18,30,32,34-35,38H,5-6,8H2,1-4H3,(H2,26,37)(H,27,31)/t9?,11?,18-,25-/m0/s1. The van der Waals surface area contributed by atoms with Crippen LogP contribution >= 0.6 is 0 Å². The Hall–Kier alpha value is -3.94. The molecule has 0 aromatic heterocycles. The lowest BCUT2D eigenvalue weighted by Gasteiger charge is -2.50. The third-order valence-electron chi connectivity index (χ3n) is 7.60. The number of likely N-dealkylation sites (N-methyl/N-ethyl adjacent to an activating group) is 1. The first kappa shape index (κ1) is 27.1. The Balaban J connectivity index is 1.97. The van der Waals surface area contributed by atoms with Crippen LogP contribution in [-0.4, -0.2) is 100 Å².